The van der Waals surface area contributed by atoms with Crippen LogP contribution in [0.15, 0.2) is 54.6 Å². The summed E-state index contributed by atoms with van der Waals surface area (Å²) < 4.78 is 16.2. The predicted octanol–water partition coefficient (Wildman–Crippen LogP) is 4.90. The van der Waals surface area contributed by atoms with E-state index in [0.717, 1.165) is 35.4 Å². The lowest BCUT2D eigenvalue weighted by Crippen LogP contribution is -2.14. The van der Waals surface area contributed by atoms with Crippen molar-refractivity contribution in [3.8, 4) is 11.1 Å². The molecule has 1 aromatic heterocycles. The molecule has 2 aromatic carbocycles. The van der Waals surface area contributed by atoms with Crippen LogP contribution in [0.3, 0.4) is 0 Å². The highest BCUT2D eigenvalue weighted by Crippen LogP contribution is 2.33. The van der Waals surface area contributed by atoms with Gasteiger partial charge in [0.15, 0.2) is 0 Å². The van der Waals surface area contributed by atoms with Gasteiger partial charge in [0, 0.05) is 23.5 Å². The Kier molecular flexibility index (Phi) is 5.75. The third kappa shape index (κ3) is 3.80. The van der Waals surface area contributed by atoms with Gasteiger partial charge in [-0.25, -0.2) is 4.39 Å². The van der Waals surface area contributed by atoms with Gasteiger partial charge in [-0.1, -0.05) is 61.9 Å². The molecular weight excluding hydrogens is 339 g/mol. The van der Waals surface area contributed by atoms with Crippen LogP contribution in [0.25, 0.3) is 11.1 Å². The molecule has 1 heterocycles. The summed E-state index contributed by atoms with van der Waals surface area (Å²) >= 11 is 0. The highest BCUT2D eigenvalue weighted by atomic mass is 19.1. The maximum atomic E-state index is 14.0. The first kappa shape index (κ1) is 18.9. The number of primary amides is 1. The lowest BCUT2D eigenvalue weighted by atomic mass is 9.98. The molecule has 0 radical (unpaired) electrons. The summed E-state index contributed by atoms with van der Waals surface area (Å²) in [7, 11) is 0. The molecule has 0 aliphatic carbocycles. The highest BCUT2D eigenvalue weighted by Gasteiger charge is 2.24. The summed E-state index contributed by atoms with van der Waals surface area (Å²) in [5.74, 6) is -0.619. The zero-order valence-electron chi connectivity index (χ0n) is 15.8. The summed E-state index contributed by atoms with van der Waals surface area (Å²) in [4.78, 5) is 12.3. The van der Waals surface area contributed by atoms with Crippen molar-refractivity contribution in [2.24, 2.45) is 5.73 Å². The number of benzene rings is 2. The van der Waals surface area contributed by atoms with Crippen LogP contribution in [0.4, 0.5) is 4.39 Å². The number of amides is 1. The van der Waals surface area contributed by atoms with Crippen molar-refractivity contribution in [1.82, 2.24) is 4.57 Å². The number of carbonyl (C=O) groups is 1. The van der Waals surface area contributed by atoms with Crippen LogP contribution >= 0.6 is 0 Å². The van der Waals surface area contributed by atoms with Gasteiger partial charge in [-0.05, 0) is 37.0 Å². The van der Waals surface area contributed by atoms with Gasteiger partial charge in [-0.3, -0.25) is 4.79 Å². The molecule has 0 atom stereocenters. The predicted molar refractivity (Wildman–Crippen MR) is 107 cm³/mol. The Hall–Kier alpha value is -2.88. The van der Waals surface area contributed by atoms with E-state index in [9.17, 15) is 9.18 Å². The Balaban J connectivity index is 2.10. The smallest absolute Gasteiger partial charge is 0.251 e. The van der Waals surface area contributed by atoms with Gasteiger partial charge in [0.2, 0.25) is 0 Å². The molecule has 2 N–H and O–H groups in total. The van der Waals surface area contributed by atoms with Crippen LogP contribution in [0, 0.1) is 12.7 Å². The first-order chi connectivity index (χ1) is 13.0. The third-order valence-electron chi connectivity index (χ3n) is 4.99. The molecule has 140 valence electrons. The van der Waals surface area contributed by atoms with Crippen molar-refractivity contribution < 1.29 is 9.18 Å². The van der Waals surface area contributed by atoms with Crippen molar-refractivity contribution >= 4 is 5.91 Å². The van der Waals surface area contributed by atoms with E-state index in [4.69, 9.17) is 5.73 Å². The second kappa shape index (κ2) is 8.21. The minimum atomic E-state index is -0.423. The van der Waals surface area contributed by atoms with Crippen LogP contribution in [-0.4, -0.2) is 10.5 Å². The molecule has 4 heteroatoms. The van der Waals surface area contributed by atoms with Crippen LogP contribution in [0.2, 0.25) is 0 Å². The normalized spacial score (nSPS) is 10.9. The Labute approximate surface area is 159 Å². The zero-order chi connectivity index (χ0) is 19.4. The largest absolute Gasteiger partial charge is 0.366 e. The molecule has 0 bridgehead atoms. The fraction of sp³-hybridized carbons (Fsp3) is 0.261. The molecule has 0 saturated carbocycles. The number of rotatable bonds is 7. The van der Waals surface area contributed by atoms with Gasteiger partial charge in [-0.2, -0.15) is 0 Å². The van der Waals surface area contributed by atoms with E-state index in [-0.39, 0.29) is 5.82 Å². The minimum Gasteiger partial charge on any atom is -0.366 e. The lowest BCUT2D eigenvalue weighted by Gasteiger charge is -2.13. The maximum Gasteiger partial charge on any atom is 0.251 e. The Morgan fingerprint density at radius 1 is 1.04 bits per heavy atom. The number of hydrogen-bond donors (Lipinski definition) is 1. The minimum absolute atomic E-state index is 0.197. The molecule has 0 aliphatic rings. The van der Waals surface area contributed by atoms with Crippen molar-refractivity contribution in [3.05, 3.63) is 82.9 Å². The number of hydrogen-bond acceptors (Lipinski definition) is 1. The van der Waals surface area contributed by atoms with Gasteiger partial charge in [0.05, 0.1) is 5.56 Å². The second-order valence-electron chi connectivity index (χ2n) is 6.76. The number of carbonyl (C=O) groups excluding carboxylic acids is 1. The lowest BCUT2D eigenvalue weighted by molar-refractivity contribution is 0.1000. The number of aromatic nitrogens is 1. The first-order valence-corrected chi connectivity index (χ1v) is 9.35. The molecular formula is C23H25FN2O. The molecule has 0 fully saturated rings. The van der Waals surface area contributed by atoms with E-state index < -0.39 is 5.91 Å². The average Bonchev–Trinajstić information content (AvgIpc) is 2.94. The number of nitrogens with zero attached hydrogens (tertiary/aromatic N) is 1. The van der Waals surface area contributed by atoms with Gasteiger partial charge in [0.1, 0.15) is 5.82 Å². The summed E-state index contributed by atoms with van der Waals surface area (Å²) in [6, 6.07) is 16.7. The molecule has 1 amide bonds. The SMILES string of the molecule is CCCc1c(-c2ccccc2)c(C(N)=O)c(C)n1CCc1ccccc1F. The third-order valence-corrected chi connectivity index (χ3v) is 4.99. The summed E-state index contributed by atoms with van der Waals surface area (Å²) in [6.45, 7) is 4.64. The fourth-order valence-corrected chi connectivity index (χ4v) is 3.75. The quantitative estimate of drug-likeness (QED) is 0.637. The van der Waals surface area contributed by atoms with Crippen LogP contribution in [0.5, 0.6) is 0 Å². The fourth-order valence-electron chi connectivity index (χ4n) is 3.75. The van der Waals surface area contributed by atoms with Crippen molar-refractivity contribution in [3.63, 3.8) is 0 Å². The molecule has 0 aliphatic heterocycles. The van der Waals surface area contributed by atoms with Crippen molar-refractivity contribution in [2.45, 2.75) is 39.7 Å². The average molecular weight is 364 g/mol. The Morgan fingerprint density at radius 3 is 2.33 bits per heavy atom. The summed E-state index contributed by atoms with van der Waals surface area (Å²) in [6.07, 6.45) is 2.34. The molecule has 3 aromatic rings. The van der Waals surface area contributed by atoms with Crippen LogP contribution in [-0.2, 0) is 19.4 Å². The van der Waals surface area contributed by atoms with Crippen molar-refractivity contribution in [1.29, 1.82) is 0 Å². The summed E-state index contributed by atoms with van der Waals surface area (Å²) in [5, 5.41) is 0. The number of nitrogens with two attached hydrogens (primary N) is 1. The van der Waals surface area contributed by atoms with E-state index in [1.165, 1.54) is 6.07 Å². The van der Waals surface area contributed by atoms with E-state index >= 15 is 0 Å². The second-order valence-corrected chi connectivity index (χ2v) is 6.76. The van der Waals surface area contributed by atoms with Gasteiger partial charge >= 0.3 is 0 Å². The van der Waals surface area contributed by atoms with E-state index in [1.54, 1.807) is 12.1 Å². The van der Waals surface area contributed by atoms with Gasteiger partial charge in [0.25, 0.3) is 5.91 Å². The van der Waals surface area contributed by atoms with Gasteiger partial charge < -0.3 is 10.3 Å². The molecule has 0 spiro atoms. The van der Waals surface area contributed by atoms with Crippen LogP contribution in [0.1, 0.15) is 40.7 Å². The topological polar surface area (TPSA) is 48.0 Å². The summed E-state index contributed by atoms with van der Waals surface area (Å²) in [5.41, 5.74) is 10.8. The first-order valence-electron chi connectivity index (χ1n) is 9.35. The highest BCUT2D eigenvalue weighted by molar-refractivity contribution is 6.02. The Bertz CT molecular complexity index is 945. The maximum absolute atomic E-state index is 14.0. The number of halogens is 1. The molecule has 0 unspecified atom stereocenters. The van der Waals surface area contributed by atoms with E-state index in [1.807, 2.05) is 43.3 Å². The van der Waals surface area contributed by atoms with E-state index in [2.05, 4.69) is 11.5 Å². The Morgan fingerprint density at radius 2 is 1.70 bits per heavy atom. The monoisotopic (exact) mass is 364 g/mol. The zero-order valence-corrected chi connectivity index (χ0v) is 15.8. The van der Waals surface area contributed by atoms with Crippen molar-refractivity contribution in [2.75, 3.05) is 0 Å². The molecule has 27 heavy (non-hydrogen) atoms. The van der Waals surface area contributed by atoms with Crippen LogP contribution < -0.4 is 5.73 Å². The molecule has 0 saturated heterocycles. The van der Waals surface area contributed by atoms with Gasteiger partial charge in [-0.15, -0.1) is 0 Å². The van der Waals surface area contributed by atoms with E-state index in [0.29, 0.717) is 24.1 Å². The molecule has 3 nitrogen and oxygen atoms in total. The molecule has 3 rings (SSSR count). The standard InChI is InChI=1S/C23H25FN2O/c1-3-9-20-22(18-11-5-4-6-12-18)21(23(25)27)16(2)26(20)15-14-17-10-7-8-13-19(17)24/h4-8,10-13H,3,9,14-15H2,1-2H3,(H2,25,27). The number of aryl methyl sites for hydroxylation is 1.